The summed E-state index contributed by atoms with van der Waals surface area (Å²) in [5, 5.41) is 9.16. The van der Waals surface area contributed by atoms with Crippen LogP contribution in [0.3, 0.4) is 0 Å². The molecule has 0 unspecified atom stereocenters. The second-order valence-corrected chi connectivity index (χ2v) is 4.14. The van der Waals surface area contributed by atoms with Gasteiger partial charge in [0, 0.05) is 10.0 Å². The molecule has 0 saturated heterocycles. The van der Waals surface area contributed by atoms with Gasteiger partial charge in [0.1, 0.15) is 0 Å². The van der Waals surface area contributed by atoms with Crippen LogP contribution in [0.1, 0.15) is 5.56 Å². The molecule has 1 aromatic carbocycles. The summed E-state index contributed by atoms with van der Waals surface area (Å²) in [5.41, 5.74) is 0.530. The Morgan fingerprint density at radius 1 is 1.64 bits per heavy atom. The Balaban J connectivity index is 3.46. The second-order valence-electron chi connectivity index (χ2n) is 2.13. The minimum absolute atomic E-state index is 0.274. The lowest BCUT2D eigenvalue weighted by molar-refractivity contribution is 0.426. The molecule has 0 heterocycles. The first-order valence-electron chi connectivity index (χ1n) is 2.87. The Kier molecular flexibility index (Phi) is 2.74. The van der Waals surface area contributed by atoms with Crippen molar-refractivity contribution in [3.8, 4) is 5.75 Å². The number of hydrogen-bond donors (Lipinski definition) is 1. The number of benzene rings is 1. The SMILES string of the molecule is Cc1c(Br)cc(I)c(F)c1O. The molecule has 4 heteroatoms. The lowest BCUT2D eigenvalue weighted by atomic mass is 10.2. The van der Waals surface area contributed by atoms with Crippen LogP contribution in [-0.2, 0) is 0 Å². The monoisotopic (exact) mass is 330 g/mol. The number of halogens is 3. The summed E-state index contributed by atoms with van der Waals surface area (Å²) in [6.45, 7) is 1.65. The number of rotatable bonds is 0. The zero-order chi connectivity index (χ0) is 8.59. The summed E-state index contributed by atoms with van der Waals surface area (Å²) in [7, 11) is 0. The van der Waals surface area contributed by atoms with Crippen LogP contribution in [0.15, 0.2) is 10.5 Å². The highest BCUT2D eigenvalue weighted by atomic mass is 127. The highest BCUT2D eigenvalue weighted by Gasteiger charge is 2.10. The van der Waals surface area contributed by atoms with Gasteiger partial charge in [-0.1, -0.05) is 15.9 Å². The van der Waals surface area contributed by atoms with Crippen LogP contribution in [0.25, 0.3) is 0 Å². The first-order chi connectivity index (χ1) is 5.04. The zero-order valence-corrected chi connectivity index (χ0v) is 9.40. The molecule has 0 aromatic heterocycles. The standard InChI is InChI=1S/C7H5BrFIO/c1-3-4(8)2-5(10)6(9)7(3)11/h2,11H,1H3. The zero-order valence-electron chi connectivity index (χ0n) is 5.66. The van der Waals surface area contributed by atoms with Crippen molar-refractivity contribution in [2.75, 3.05) is 0 Å². The third-order valence-electron chi connectivity index (χ3n) is 1.38. The van der Waals surface area contributed by atoms with Crippen LogP contribution in [-0.4, -0.2) is 5.11 Å². The average Bonchev–Trinajstić information content (AvgIpc) is 1.97. The van der Waals surface area contributed by atoms with Gasteiger partial charge in [-0.15, -0.1) is 0 Å². The van der Waals surface area contributed by atoms with Gasteiger partial charge in [-0.05, 0) is 35.6 Å². The fourth-order valence-corrected chi connectivity index (χ4v) is 2.09. The molecular formula is C7H5BrFIO. The normalized spacial score (nSPS) is 10.2. The molecule has 0 radical (unpaired) electrons. The Bertz CT molecular complexity index is 275. The van der Waals surface area contributed by atoms with E-state index in [1.165, 1.54) is 0 Å². The fraction of sp³-hybridized carbons (Fsp3) is 0.143. The second kappa shape index (κ2) is 3.26. The first kappa shape index (κ1) is 9.25. The van der Waals surface area contributed by atoms with E-state index >= 15 is 0 Å². The van der Waals surface area contributed by atoms with Crippen LogP contribution in [0.2, 0.25) is 0 Å². The van der Waals surface area contributed by atoms with Gasteiger partial charge >= 0.3 is 0 Å². The van der Waals surface area contributed by atoms with Crippen molar-refractivity contribution in [3.05, 3.63) is 25.5 Å². The van der Waals surface area contributed by atoms with E-state index in [-0.39, 0.29) is 5.75 Å². The summed E-state index contributed by atoms with van der Waals surface area (Å²) in [5.74, 6) is -0.824. The van der Waals surface area contributed by atoms with Gasteiger partial charge in [-0.3, -0.25) is 0 Å². The van der Waals surface area contributed by atoms with E-state index < -0.39 is 5.82 Å². The molecule has 1 nitrogen and oxygen atoms in total. The smallest absolute Gasteiger partial charge is 0.178 e. The number of phenolic OH excluding ortho intramolecular Hbond substituents is 1. The van der Waals surface area contributed by atoms with Gasteiger partial charge in [0.15, 0.2) is 11.6 Å². The summed E-state index contributed by atoms with van der Waals surface area (Å²) in [4.78, 5) is 0. The van der Waals surface area contributed by atoms with Crippen LogP contribution >= 0.6 is 38.5 Å². The Morgan fingerprint density at radius 3 is 2.73 bits per heavy atom. The van der Waals surface area contributed by atoms with Crippen molar-refractivity contribution in [1.82, 2.24) is 0 Å². The predicted octanol–water partition coefficient (Wildman–Crippen LogP) is 3.21. The van der Waals surface area contributed by atoms with Crippen molar-refractivity contribution in [2.45, 2.75) is 6.92 Å². The maximum absolute atomic E-state index is 12.9. The summed E-state index contributed by atoms with van der Waals surface area (Å²) in [6, 6.07) is 1.63. The molecule has 1 aromatic rings. The average molecular weight is 331 g/mol. The third kappa shape index (κ3) is 1.66. The Hall–Kier alpha value is 0.160. The fourth-order valence-electron chi connectivity index (χ4n) is 0.674. The third-order valence-corrected chi connectivity index (χ3v) is 2.99. The van der Waals surface area contributed by atoms with E-state index in [2.05, 4.69) is 15.9 Å². The highest BCUT2D eigenvalue weighted by molar-refractivity contribution is 14.1. The molecular weight excluding hydrogens is 326 g/mol. The van der Waals surface area contributed by atoms with E-state index in [0.717, 1.165) is 4.47 Å². The van der Waals surface area contributed by atoms with E-state index in [1.54, 1.807) is 13.0 Å². The molecule has 0 aliphatic rings. The molecule has 1 rings (SSSR count). The van der Waals surface area contributed by atoms with Gasteiger partial charge in [-0.25, -0.2) is 4.39 Å². The molecule has 0 fully saturated rings. The predicted molar refractivity (Wildman–Crippen MR) is 53.2 cm³/mol. The Labute approximate surface area is 85.9 Å². The molecule has 0 aliphatic heterocycles. The number of hydrogen-bond acceptors (Lipinski definition) is 1. The number of phenols is 1. The molecule has 0 bridgehead atoms. The van der Waals surface area contributed by atoms with Gasteiger partial charge < -0.3 is 5.11 Å². The number of aromatic hydroxyl groups is 1. The molecule has 60 valence electrons. The maximum atomic E-state index is 12.9. The minimum Gasteiger partial charge on any atom is -0.505 e. The van der Waals surface area contributed by atoms with E-state index in [0.29, 0.717) is 9.13 Å². The first-order valence-corrected chi connectivity index (χ1v) is 4.74. The van der Waals surface area contributed by atoms with Gasteiger partial charge in [0.05, 0.1) is 3.57 Å². The van der Waals surface area contributed by atoms with Gasteiger partial charge in [0.2, 0.25) is 0 Å². The maximum Gasteiger partial charge on any atom is 0.178 e. The van der Waals surface area contributed by atoms with E-state index in [9.17, 15) is 4.39 Å². The summed E-state index contributed by atoms with van der Waals surface area (Å²) < 4.78 is 14.0. The molecule has 0 aliphatic carbocycles. The Morgan fingerprint density at radius 2 is 2.18 bits per heavy atom. The van der Waals surface area contributed by atoms with Crippen molar-refractivity contribution in [3.63, 3.8) is 0 Å². The summed E-state index contributed by atoms with van der Waals surface area (Å²) >= 11 is 5.03. The van der Waals surface area contributed by atoms with Crippen molar-refractivity contribution >= 4 is 38.5 Å². The van der Waals surface area contributed by atoms with Crippen LogP contribution in [0, 0.1) is 16.3 Å². The molecule has 0 amide bonds. The largest absolute Gasteiger partial charge is 0.505 e. The van der Waals surface area contributed by atoms with Gasteiger partial charge in [-0.2, -0.15) is 0 Å². The van der Waals surface area contributed by atoms with Crippen molar-refractivity contribution in [1.29, 1.82) is 0 Å². The van der Waals surface area contributed by atoms with Crippen LogP contribution in [0.5, 0.6) is 5.75 Å². The van der Waals surface area contributed by atoms with Crippen molar-refractivity contribution < 1.29 is 9.50 Å². The minimum atomic E-state index is -0.550. The topological polar surface area (TPSA) is 20.2 Å². The molecule has 1 N–H and O–H groups in total. The van der Waals surface area contributed by atoms with Crippen LogP contribution in [0.4, 0.5) is 4.39 Å². The van der Waals surface area contributed by atoms with Crippen molar-refractivity contribution in [2.24, 2.45) is 0 Å². The summed E-state index contributed by atoms with van der Waals surface area (Å²) in [6.07, 6.45) is 0. The lowest BCUT2D eigenvalue weighted by Crippen LogP contribution is -1.87. The lowest BCUT2D eigenvalue weighted by Gasteiger charge is -2.03. The molecule has 0 atom stereocenters. The highest BCUT2D eigenvalue weighted by Crippen LogP contribution is 2.31. The van der Waals surface area contributed by atoms with Crippen LogP contribution < -0.4 is 0 Å². The quantitative estimate of drug-likeness (QED) is 0.572. The van der Waals surface area contributed by atoms with Gasteiger partial charge in [0.25, 0.3) is 0 Å². The van der Waals surface area contributed by atoms with E-state index in [4.69, 9.17) is 5.11 Å². The van der Waals surface area contributed by atoms with E-state index in [1.807, 2.05) is 22.6 Å². The molecule has 0 saturated carbocycles. The molecule has 0 spiro atoms. The molecule has 11 heavy (non-hydrogen) atoms.